The van der Waals surface area contributed by atoms with Gasteiger partial charge in [0.1, 0.15) is 34.5 Å². The highest BCUT2D eigenvalue weighted by Gasteiger charge is 2.31. The van der Waals surface area contributed by atoms with Gasteiger partial charge in [-0.25, -0.2) is 9.97 Å². The van der Waals surface area contributed by atoms with E-state index in [-0.39, 0.29) is 26.7 Å². The molecule has 0 saturated heterocycles. The maximum absolute atomic E-state index is 13.1. The summed E-state index contributed by atoms with van der Waals surface area (Å²) in [6.07, 6.45) is 12.1. The molecule has 2 aliphatic heterocycles. The predicted molar refractivity (Wildman–Crippen MR) is 243 cm³/mol. The Morgan fingerprint density at radius 1 is 0.635 bits per heavy atom. The summed E-state index contributed by atoms with van der Waals surface area (Å²) in [6, 6.07) is 28.2. The second kappa shape index (κ2) is 17.7. The first-order chi connectivity index (χ1) is 29.8. The molecule has 4 aliphatic rings. The lowest BCUT2D eigenvalue weighted by atomic mass is 10.0. The summed E-state index contributed by atoms with van der Waals surface area (Å²) in [7, 11) is 3.78. The van der Waals surface area contributed by atoms with Gasteiger partial charge in [0, 0.05) is 67.4 Å². The number of aryl methyl sites for hydroxylation is 2. The number of carbonyl (C=O) groups excluding carboxylic acids is 2. The third-order valence-electron chi connectivity index (χ3n) is 10.9. The smallest absolute Gasteiger partial charge is 0.260 e. The maximum Gasteiger partial charge on any atom is 0.260 e. The predicted octanol–water partition coefficient (Wildman–Crippen LogP) is 8.28. The Balaban J connectivity index is 0.000000140. The van der Waals surface area contributed by atoms with Gasteiger partial charge in [0.15, 0.2) is 11.6 Å². The zero-order valence-electron chi connectivity index (χ0n) is 33.3. The van der Waals surface area contributed by atoms with Crippen LogP contribution in [0.2, 0.25) is 0 Å². The SMILES string of the molecule is Brc1cccc(-c2nncn2C2CC2)n1.C.C.Cn1ccc(-c2ccc3c(c2)CN(c2cccc(-c4nncn4C4CC4)n2)C3=O)n1.Cn1ccc(-c2ccc3c(c2)CNC3=O)n1. The minimum Gasteiger partial charge on any atom is -0.348 e. The van der Waals surface area contributed by atoms with Gasteiger partial charge in [-0.2, -0.15) is 10.2 Å². The Morgan fingerprint density at radius 2 is 1.19 bits per heavy atom. The van der Waals surface area contributed by atoms with Crippen LogP contribution in [0.3, 0.4) is 0 Å². The van der Waals surface area contributed by atoms with Crippen molar-refractivity contribution in [1.82, 2.24) is 64.4 Å². The lowest BCUT2D eigenvalue weighted by Gasteiger charge is -2.15. The summed E-state index contributed by atoms with van der Waals surface area (Å²) in [4.78, 5) is 35.3. The first-order valence-electron chi connectivity index (χ1n) is 20.0. The zero-order chi connectivity index (χ0) is 41.6. The van der Waals surface area contributed by atoms with Gasteiger partial charge in [0.2, 0.25) is 0 Å². The lowest BCUT2D eigenvalue weighted by Crippen LogP contribution is -2.24. The molecule has 63 heavy (non-hydrogen) atoms. The highest BCUT2D eigenvalue weighted by molar-refractivity contribution is 9.10. The van der Waals surface area contributed by atoms with Crippen molar-refractivity contribution in [2.45, 2.75) is 65.7 Å². The average Bonchev–Trinajstić information content (AvgIpc) is 3.83. The monoisotopic (exact) mass is 906 g/mol. The molecule has 0 bridgehead atoms. The standard InChI is InChI=1S/C22H19N7O.C12H11N3O.C10H9BrN4.2CH4/c1-27-10-9-18(26-27)14-5-8-17-15(11-14)12-28(22(17)30)20-4-2-3-19(24-20)21-25-23-13-29(21)16-6-7-16;1-15-5-4-11(14-15)8-2-3-10-9(6-8)7-13-12(10)16;11-9-3-1-2-8(13-9)10-14-12-6-15(10)7-4-5-7;;/h2-5,8-11,13,16H,6-7,12H2,1H3;2-6H,7H2,1H3,(H,13,16);1-3,6-7H,4-5H2;2*1H4. The largest absolute Gasteiger partial charge is 0.348 e. The van der Waals surface area contributed by atoms with Crippen LogP contribution in [-0.2, 0) is 27.2 Å². The third-order valence-corrected chi connectivity index (χ3v) is 11.4. The normalized spacial score (nSPS) is 14.6. The average molecular weight is 908 g/mol. The molecule has 320 valence electrons. The van der Waals surface area contributed by atoms with Gasteiger partial charge < -0.3 is 14.5 Å². The number of rotatable bonds is 7. The number of nitrogens with one attached hydrogen (secondary N) is 1. The molecular formula is C46H47BrN14O2. The highest BCUT2D eigenvalue weighted by Crippen LogP contribution is 2.39. The van der Waals surface area contributed by atoms with Crippen molar-refractivity contribution in [3.63, 3.8) is 0 Å². The number of amides is 2. The van der Waals surface area contributed by atoms with Gasteiger partial charge in [0.25, 0.3) is 11.8 Å². The van der Waals surface area contributed by atoms with Crippen LogP contribution in [0.1, 0.15) is 84.5 Å². The molecule has 8 aromatic rings. The Kier molecular flexibility index (Phi) is 11.9. The maximum atomic E-state index is 13.1. The molecule has 2 fully saturated rings. The van der Waals surface area contributed by atoms with Crippen LogP contribution in [0.15, 0.2) is 115 Å². The van der Waals surface area contributed by atoms with Crippen LogP contribution < -0.4 is 10.2 Å². The van der Waals surface area contributed by atoms with Crippen molar-refractivity contribution < 1.29 is 9.59 Å². The number of aromatic nitrogens is 12. The first-order valence-corrected chi connectivity index (χ1v) is 20.8. The van der Waals surface area contributed by atoms with E-state index in [1.807, 2.05) is 111 Å². The van der Waals surface area contributed by atoms with Crippen molar-refractivity contribution >= 4 is 33.6 Å². The van der Waals surface area contributed by atoms with E-state index in [0.29, 0.717) is 36.6 Å². The molecule has 2 amide bonds. The number of fused-ring (bicyclic) bond motifs is 2. The molecule has 0 spiro atoms. The van der Waals surface area contributed by atoms with E-state index in [4.69, 9.17) is 4.98 Å². The van der Waals surface area contributed by atoms with Crippen molar-refractivity contribution in [2.24, 2.45) is 14.1 Å². The number of halogens is 1. The van der Waals surface area contributed by atoms with E-state index < -0.39 is 0 Å². The topological polar surface area (TPSA) is 172 Å². The Labute approximate surface area is 373 Å². The van der Waals surface area contributed by atoms with Gasteiger partial charge >= 0.3 is 0 Å². The molecule has 6 aromatic heterocycles. The highest BCUT2D eigenvalue weighted by atomic mass is 79.9. The van der Waals surface area contributed by atoms with Crippen LogP contribution in [0, 0.1) is 0 Å². The van der Waals surface area contributed by atoms with E-state index in [1.165, 1.54) is 12.8 Å². The van der Waals surface area contributed by atoms with Crippen molar-refractivity contribution in [3.05, 3.63) is 137 Å². The van der Waals surface area contributed by atoms with Crippen LogP contribution in [0.25, 0.3) is 45.6 Å². The van der Waals surface area contributed by atoms with Gasteiger partial charge in [-0.15, -0.1) is 20.4 Å². The quantitative estimate of drug-likeness (QED) is 0.154. The number of hydrogen-bond acceptors (Lipinski definition) is 10. The molecule has 2 saturated carbocycles. The zero-order valence-corrected chi connectivity index (χ0v) is 34.9. The van der Waals surface area contributed by atoms with Crippen molar-refractivity contribution in [2.75, 3.05) is 4.90 Å². The minimum absolute atomic E-state index is 0. The summed E-state index contributed by atoms with van der Waals surface area (Å²) in [5.41, 5.74) is 9.01. The second-order valence-electron chi connectivity index (χ2n) is 15.4. The minimum atomic E-state index is -0.0362. The molecule has 17 heteroatoms. The van der Waals surface area contributed by atoms with Gasteiger partial charge in [-0.05, 0) is 113 Å². The summed E-state index contributed by atoms with van der Waals surface area (Å²) < 4.78 is 8.55. The summed E-state index contributed by atoms with van der Waals surface area (Å²) in [6.45, 7) is 1.11. The molecule has 16 nitrogen and oxygen atoms in total. The van der Waals surface area contributed by atoms with E-state index in [2.05, 4.69) is 66.0 Å². The van der Waals surface area contributed by atoms with Crippen molar-refractivity contribution in [3.8, 4) is 45.6 Å². The molecule has 1 N–H and O–H groups in total. The fourth-order valence-electron chi connectivity index (χ4n) is 7.52. The fraction of sp³-hybridized carbons (Fsp3) is 0.261. The number of pyridine rings is 2. The van der Waals surface area contributed by atoms with Crippen LogP contribution >= 0.6 is 15.9 Å². The van der Waals surface area contributed by atoms with E-state index >= 15 is 0 Å². The summed E-state index contributed by atoms with van der Waals surface area (Å²) in [5, 5.41) is 28.0. The lowest BCUT2D eigenvalue weighted by molar-refractivity contribution is 0.0963. The van der Waals surface area contributed by atoms with Gasteiger partial charge in [0.05, 0.1) is 17.9 Å². The summed E-state index contributed by atoms with van der Waals surface area (Å²) in [5.74, 6) is 2.21. The molecule has 12 rings (SSSR count). The third kappa shape index (κ3) is 8.82. The molecule has 8 heterocycles. The molecular weight excluding hydrogens is 861 g/mol. The van der Waals surface area contributed by atoms with Crippen molar-refractivity contribution in [1.29, 1.82) is 0 Å². The van der Waals surface area contributed by atoms with Crippen LogP contribution in [0.4, 0.5) is 5.82 Å². The van der Waals surface area contributed by atoms with E-state index in [1.54, 1.807) is 26.9 Å². The van der Waals surface area contributed by atoms with Gasteiger partial charge in [-0.3, -0.25) is 23.9 Å². The Morgan fingerprint density at radius 3 is 1.75 bits per heavy atom. The Bertz CT molecular complexity index is 2940. The molecule has 2 aliphatic carbocycles. The first kappa shape index (κ1) is 42.5. The Hall–Kier alpha value is -7.14. The fourth-order valence-corrected chi connectivity index (χ4v) is 7.86. The summed E-state index contributed by atoms with van der Waals surface area (Å²) >= 11 is 3.36. The van der Waals surface area contributed by atoms with Gasteiger partial charge in [-0.1, -0.05) is 39.1 Å². The number of hydrogen-bond donors (Lipinski definition) is 1. The van der Waals surface area contributed by atoms with E-state index in [9.17, 15) is 9.59 Å². The molecule has 0 atom stereocenters. The number of anilines is 1. The number of carbonyl (C=O) groups is 2. The number of nitrogens with zero attached hydrogens (tertiary/aromatic N) is 13. The van der Waals surface area contributed by atoms with Crippen LogP contribution in [-0.4, -0.2) is 70.9 Å². The second-order valence-corrected chi connectivity index (χ2v) is 16.2. The number of benzene rings is 2. The molecule has 0 unspecified atom stereocenters. The van der Waals surface area contributed by atoms with Crippen LogP contribution in [0.5, 0.6) is 0 Å². The molecule has 2 aromatic carbocycles. The molecule has 0 radical (unpaired) electrons. The van der Waals surface area contributed by atoms with E-state index in [0.717, 1.165) is 79.7 Å².